The molecule has 0 saturated carbocycles. The number of nitrogens with one attached hydrogen (secondary N) is 1. The Labute approximate surface area is 173 Å². The normalized spacial score (nSPS) is 10.9. The summed E-state index contributed by atoms with van der Waals surface area (Å²) in [5.41, 5.74) is 4.32. The maximum Gasteiger partial charge on any atom is 0.269 e. The van der Waals surface area contributed by atoms with Gasteiger partial charge in [0.1, 0.15) is 0 Å². The molecular weight excluding hydrogens is 444 g/mol. The first-order chi connectivity index (χ1) is 13.5. The lowest BCUT2D eigenvalue weighted by Crippen LogP contribution is -2.19. The first-order valence-corrected chi connectivity index (χ1v) is 9.93. The number of amides is 1. The molecule has 3 rings (SSSR count). The topological polar surface area (TPSA) is 89.5 Å². The first kappa shape index (κ1) is 19.8. The molecule has 1 N–H and O–H groups in total. The number of nitro groups is 1. The van der Waals surface area contributed by atoms with Crippen LogP contribution in [0.2, 0.25) is 0 Å². The summed E-state index contributed by atoms with van der Waals surface area (Å²) in [7, 11) is 0. The van der Waals surface area contributed by atoms with Crippen molar-refractivity contribution in [2.24, 2.45) is 5.10 Å². The van der Waals surface area contributed by atoms with Crippen LogP contribution in [0.15, 0.2) is 81.3 Å². The molecule has 0 atom stereocenters. The Bertz CT molecular complexity index is 1000. The van der Waals surface area contributed by atoms with Gasteiger partial charge in [-0.25, -0.2) is 5.43 Å². The molecule has 1 heterocycles. The minimum atomic E-state index is -0.458. The van der Waals surface area contributed by atoms with Gasteiger partial charge in [0.15, 0.2) is 0 Å². The van der Waals surface area contributed by atoms with E-state index in [0.717, 1.165) is 20.7 Å². The van der Waals surface area contributed by atoms with E-state index in [1.54, 1.807) is 18.3 Å². The lowest BCUT2D eigenvalue weighted by molar-refractivity contribution is -0.384. The zero-order valence-corrected chi connectivity index (χ0v) is 16.9. The third-order valence-electron chi connectivity index (χ3n) is 3.69. The van der Waals surface area contributed by atoms with Gasteiger partial charge >= 0.3 is 0 Å². The number of hydrogen-bond donors (Lipinski definition) is 1. The third kappa shape index (κ3) is 5.30. The average Bonchev–Trinajstić information content (AvgIpc) is 3.16. The van der Waals surface area contributed by atoms with Crippen LogP contribution in [-0.4, -0.2) is 27.4 Å². The quantitative estimate of drug-likeness (QED) is 0.246. The number of carbonyl (C=O) groups is 1. The summed E-state index contributed by atoms with van der Waals surface area (Å²) in [5.74, 6) is -0.107. The molecule has 2 aromatic carbocycles. The summed E-state index contributed by atoms with van der Waals surface area (Å²) >= 11 is 4.69. The number of thioether (sulfide) groups is 1. The fourth-order valence-electron chi connectivity index (χ4n) is 2.35. The number of carbonyl (C=O) groups excluding carboxylic acids is 1. The van der Waals surface area contributed by atoms with E-state index >= 15 is 0 Å². The first-order valence-electron chi connectivity index (χ1n) is 8.15. The van der Waals surface area contributed by atoms with Crippen LogP contribution >= 0.6 is 27.7 Å². The summed E-state index contributed by atoms with van der Waals surface area (Å²) in [4.78, 5) is 22.9. The predicted molar refractivity (Wildman–Crippen MR) is 113 cm³/mol. The molecule has 142 valence electrons. The number of rotatable bonds is 7. The standard InChI is InChI=1S/C19H15BrN4O3S/c20-14-3-5-15(6-4-14)23-11-1-2-17(23)12-21-22-19(25)13-28-18-9-7-16(8-10-18)24(26)27/h1-12H,13H2,(H,22,25). The largest absolute Gasteiger partial charge is 0.316 e. The number of hydrogen-bond acceptors (Lipinski definition) is 5. The van der Waals surface area contributed by atoms with Crippen LogP contribution in [0.25, 0.3) is 5.69 Å². The molecule has 28 heavy (non-hydrogen) atoms. The van der Waals surface area contributed by atoms with Crippen molar-refractivity contribution < 1.29 is 9.72 Å². The van der Waals surface area contributed by atoms with Crippen molar-refractivity contribution in [3.8, 4) is 5.69 Å². The Kier molecular flexibility index (Phi) is 6.62. The molecule has 0 unspecified atom stereocenters. The van der Waals surface area contributed by atoms with Crippen LogP contribution in [0.4, 0.5) is 5.69 Å². The summed E-state index contributed by atoms with van der Waals surface area (Å²) < 4.78 is 2.95. The van der Waals surface area contributed by atoms with Crippen molar-refractivity contribution in [3.05, 3.63) is 87.1 Å². The van der Waals surface area contributed by atoms with E-state index in [1.807, 2.05) is 47.2 Å². The number of hydrazone groups is 1. The zero-order valence-electron chi connectivity index (χ0n) is 14.5. The second-order valence-electron chi connectivity index (χ2n) is 5.61. The van der Waals surface area contributed by atoms with E-state index in [2.05, 4.69) is 26.5 Å². The second kappa shape index (κ2) is 9.34. The van der Waals surface area contributed by atoms with Gasteiger partial charge in [0.2, 0.25) is 5.91 Å². The van der Waals surface area contributed by atoms with E-state index in [9.17, 15) is 14.9 Å². The number of benzene rings is 2. The number of halogens is 1. The van der Waals surface area contributed by atoms with E-state index in [1.165, 1.54) is 23.9 Å². The van der Waals surface area contributed by atoms with Gasteiger partial charge in [-0.3, -0.25) is 14.9 Å². The smallest absolute Gasteiger partial charge is 0.269 e. The van der Waals surface area contributed by atoms with Crippen molar-refractivity contribution in [2.75, 3.05) is 5.75 Å². The minimum absolute atomic E-state index is 0.0205. The van der Waals surface area contributed by atoms with Gasteiger partial charge in [-0.05, 0) is 48.5 Å². The lowest BCUT2D eigenvalue weighted by atomic mass is 10.3. The highest BCUT2D eigenvalue weighted by Gasteiger charge is 2.06. The van der Waals surface area contributed by atoms with Crippen molar-refractivity contribution in [3.63, 3.8) is 0 Å². The number of nitro benzene ring substituents is 1. The molecule has 0 bridgehead atoms. The molecule has 1 amide bonds. The Morgan fingerprint density at radius 1 is 1.18 bits per heavy atom. The van der Waals surface area contributed by atoms with Gasteiger partial charge in [0.25, 0.3) is 5.69 Å². The van der Waals surface area contributed by atoms with Gasteiger partial charge in [-0.2, -0.15) is 5.10 Å². The third-order valence-corrected chi connectivity index (χ3v) is 5.23. The van der Waals surface area contributed by atoms with Crippen molar-refractivity contribution in [1.82, 2.24) is 9.99 Å². The number of aromatic nitrogens is 1. The highest BCUT2D eigenvalue weighted by atomic mass is 79.9. The fraction of sp³-hybridized carbons (Fsp3) is 0.0526. The minimum Gasteiger partial charge on any atom is -0.316 e. The molecule has 0 aliphatic rings. The average molecular weight is 459 g/mol. The van der Waals surface area contributed by atoms with Crippen molar-refractivity contribution in [1.29, 1.82) is 0 Å². The Hall–Kier alpha value is -2.91. The molecule has 0 radical (unpaired) electrons. The van der Waals surface area contributed by atoms with Gasteiger partial charge in [-0.1, -0.05) is 15.9 Å². The summed E-state index contributed by atoms with van der Waals surface area (Å²) in [6.07, 6.45) is 3.49. The molecule has 9 heteroatoms. The van der Waals surface area contributed by atoms with Crippen LogP contribution in [0.1, 0.15) is 5.69 Å². The molecule has 0 fully saturated rings. The van der Waals surface area contributed by atoms with Crippen molar-refractivity contribution in [2.45, 2.75) is 4.90 Å². The van der Waals surface area contributed by atoms with E-state index < -0.39 is 4.92 Å². The SMILES string of the molecule is O=C(CSc1ccc([N+](=O)[O-])cc1)NN=Cc1cccn1-c1ccc(Br)cc1. The molecule has 0 aliphatic carbocycles. The van der Waals surface area contributed by atoms with Crippen LogP contribution in [0, 0.1) is 10.1 Å². The summed E-state index contributed by atoms with van der Waals surface area (Å²) in [6.45, 7) is 0. The lowest BCUT2D eigenvalue weighted by Gasteiger charge is -2.06. The number of non-ortho nitro benzene ring substituents is 1. The molecule has 0 spiro atoms. The van der Waals surface area contributed by atoms with Gasteiger partial charge in [0, 0.05) is 33.4 Å². The monoisotopic (exact) mass is 458 g/mol. The van der Waals surface area contributed by atoms with Crippen LogP contribution in [-0.2, 0) is 4.79 Å². The van der Waals surface area contributed by atoms with Gasteiger partial charge in [-0.15, -0.1) is 11.8 Å². The Morgan fingerprint density at radius 3 is 2.57 bits per heavy atom. The maximum atomic E-state index is 11.9. The van der Waals surface area contributed by atoms with Crippen LogP contribution in [0.5, 0.6) is 0 Å². The van der Waals surface area contributed by atoms with Gasteiger partial charge in [0.05, 0.1) is 22.6 Å². The molecule has 7 nitrogen and oxygen atoms in total. The maximum absolute atomic E-state index is 11.9. The number of nitrogens with zero attached hydrogens (tertiary/aromatic N) is 3. The fourth-order valence-corrected chi connectivity index (χ4v) is 3.31. The molecule has 3 aromatic rings. The predicted octanol–water partition coefficient (Wildman–Crippen LogP) is 4.39. The van der Waals surface area contributed by atoms with E-state index in [-0.39, 0.29) is 17.3 Å². The highest BCUT2D eigenvalue weighted by molar-refractivity contribution is 9.10. The highest BCUT2D eigenvalue weighted by Crippen LogP contribution is 2.21. The molecule has 1 aromatic heterocycles. The van der Waals surface area contributed by atoms with Crippen LogP contribution in [0.3, 0.4) is 0 Å². The molecule has 0 saturated heterocycles. The second-order valence-corrected chi connectivity index (χ2v) is 7.58. The van der Waals surface area contributed by atoms with E-state index in [4.69, 9.17) is 0 Å². The Balaban J connectivity index is 1.53. The van der Waals surface area contributed by atoms with Gasteiger partial charge < -0.3 is 4.57 Å². The van der Waals surface area contributed by atoms with E-state index in [0.29, 0.717) is 0 Å². The summed E-state index contributed by atoms with van der Waals surface area (Å²) in [5, 5.41) is 14.6. The zero-order chi connectivity index (χ0) is 19.9. The summed E-state index contributed by atoms with van der Waals surface area (Å²) in [6, 6.07) is 17.7. The Morgan fingerprint density at radius 2 is 1.89 bits per heavy atom. The van der Waals surface area contributed by atoms with Crippen molar-refractivity contribution >= 4 is 45.5 Å². The molecular formula is C19H15BrN4O3S. The van der Waals surface area contributed by atoms with Crippen LogP contribution < -0.4 is 5.43 Å². The molecule has 0 aliphatic heterocycles.